The highest BCUT2D eigenvalue weighted by molar-refractivity contribution is 5.58. The third-order valence-corrected chi connectivity index (χ3v) is 2.47. The van der Waals surface area contributed by atoms with E-state index in [0.29, 0.717) is 11.3 Å². The predicted octanol–water partition coefficient (Wildman–Crippen LogP) is 2.98. The van der Waals surface area contributed by atoms with Crippen molar-refractivity contribution in [2.24, 2.45) is 0 Å². The lowest BCUT2D eigenvalue weighted by atomic mass is 9.91. The molecule has 0 N–H and O–H groups in total. The first-order valence-electron chi connectivity index (χ1n) is 5.42. The van der Waals surface area contributed by atoms with Crippen molar-refractivity contribution in [3.8, 4) is 11.3 Å². The molecule has 0 spiro atoms. The van der Waals surface area contributed by atoms with Crippen LogP contribution in [0.4, 0.5) is 4.39 Å². The van der Waals surface area contributed by atoms with Crippen molar-refractivity contribution in [1.29, 1.82) is 0 Å². The summed E-state index contributed by atoms with van der Waals surface area (Å²) in [5, 5.41) is 0. The Kier molecular flexibility index (Phi) is 2.88. The fraction of sp³-hybridized carbons (Fsp3) is 0.308. The molecule has 3 nitrogen and oxygen atoms in total. The molecule has 2 rings (SSSR count). The zero-order chi connectivity index (χ0) is 12.5. The van der Waals surface area contributed by atoms with E-state index in [4.69, 9.17) is 0 Å². The molecule has 2 aromatic heterocycles. The second-order valence-corrected chi connectivity index (χ2v) is 4.88. The van der Waals surface area contributed by atoms with Gasteiger partial charge >= 0.3 is 0 Å². The normalized spacial score (nSPS) is 11.5. The Labute approximate surface area is 99.8 Å². The quantitative estimate of drug-likeness (QED) is 0.708. The summed E-state index contributed by atoms with van der Waals surface area (Å²) in [6.45, 7) is 6.16. The molecule has 0 unspecified atom stereocenters. The lowest BCUT2D eigenvalue weighted by molar-refractivity contribution is 0.566. The summed E-state index contributed by atoms with van der Waals surface area (Å²) in [4.78, 5) is 11.9. The molecule has 2 heterocycles. The van der Waals surface area contributed by atoms with E-state index in [2.05, 4.69) is 35.7 Å². The fourth-order valence-corrected chi connectivity index (χ4v) is 1.49. The molecule has 0 radical (unpaired) electrons. The van der Waals surface area contributed by atoms with Gasteiger partial charge in [-0.05, 0) is 18.2 Å². The van der Waals surface area contributed by atoms with E-state index in [1.54, 1.807) is 18.2 Å². The number of rotatable bonds is 1. The minimum atomic E-state index is -0.508. The molecule has 0 fully saturated rings. The summed E-state index contributed by atoms with van der Waals surface area (Å²) in [6, 6.07) is 5.16. The lowest BCUT2D eigenvalue weighted by Crippen LogP contribution is -2.13. The van der Waals surface area contributed by atoms with Gasteiger partial charge in [0, 0.05) is 17.3 Å². The van der Waals surface area contributed by atoms with E-state index in [0.717, 1.165) is 5.69 Å². The topological polar surface area (TPSA) is 38.7 Å². The Morgan fingerprint density at radius 3 is 2.53 bits per heavy atom. The Morgan fingerprint density at radius 1 is 1.12 bits per heavy atom. The molecule has 0 saturated carbocycles. The van der Waals surface area contributed by atoms with Crippen molar-refractivity contribution in [3.05, 3.63) is 42.4 Å². The van der Waals surface area contributed by atoms with Crippen LogP contribution in [0.1, 0.15) is 26.5 Å². The van der Waals surface area contributed by atoms with E-state index < -0.39 is 5.95 Å². The van der Waals surface area contributed by atoms with Crippen LogP contribution in [0.5, 0.6) is 0 Å². The van der Waals surface area contributed by atoms with Gasteiger partial charge in [0.05, 0.1) is 11.3 Å². The first-order valence-corrected chi connectivity index (χ1v) is 5.42. The summed E-state index contributed by atoms with van der Waals surface area (Å²) in [5.41, 5.74) is 1.76. The van der Waals surface area contributed by atoms with Crippen LogP contribution in [0.3, 0.4) is 0 Å². The van der Waals surface area contributed by atoms with Crippen molar-refractivity contribution in [1.82, 2.24) is 15.0 Å². The van der Waals surface area contributed by atoms with Crippen LogP contribution in [0.25, 0.3) is 11.3 Å². The van der Waals surface area contributed by atoms with Crippen LogP contribution in [-0.2, 0) is 5.41 Å². The van der Waals surface area contributed by atoms with Crippen molar-refractivity contribution >= 4 is 0 Å². The molecular weight excluding hydrogens is 217 g/mol. The van der Waals surface area contributed by atoms with Gasteiger partial charge in [0.1, 0.15) is 6.33 Å². The number of hydrogen-bond donors (Lipinski definition) is 0. The SMILES string of the molecule is CC(C)(C)c1cc(-c2cccnc2F)ncn1. The Morgan fingerprint density at radius 2 is 1.88 bits per heavy atom. The smallest absolute Gasteiger partial charge is 0.222 e. The first-order chi connectivity index (χ1) is 7.98. The monoisotopic (exact) mass is 231 g/mol. The summed E-state index contributed by atoms with van der Waals surface area (Å²) < 4.78 is 13.5. The summed E-state index contributed by atoms with van der Waals surface area (Å²) in [5.74, 6) is -0.508. The van der Waals surface area contributed by atoms with Crippen molar-refractivity contribution in [2.75, 3.05) is 0 Å². The van der Waals surface area contributed by atoms with Gasteiger partial charge in [-0.1, -0.05) is 20.8 Å². The molecule has 4 heteroatoms. The maximum absolute atomic E-state index is 13.5. The van der Waals surface area contributed by atoms with Gasteiger partial charge in [-0.15, -0.1) is 0 Å². The number of hydrogen-bond acceptors (Lipinski definition) is 3. The van der Waals surface area contributed by atoms with Gasteiger partial charge in [-0.2, -0.15) is 4.39 Å². The maximum Gasteiger partial charge on any atom is 0.222 e. The van der Waals surface area contributed by atoms with Crippen LogP contribution in [0.2, 0.25) is 0 Å². The largest absolute Gasteiger partial charge is 0.241 e. The third-order valence-electron chi connectivity index (χ3n) is 2.47. The minimum Gasteiger partial charge on any atom is -0.241 e. The summed E-state index contributed by atoms with van der Waals surface area (Å²) in [7, 11) is 0. The van der Waals surface area contributed by atoms with Gasteiger partial charge in [0.2, 0.25) is 5.95 Å². The van der Waals surface area contributed by atoms with Gasteiger partial charge in [-0.3, -0.25) is 0 Å². The van der Waals surface area contributed by atoms with Crippen LogP contribution >= 0.6 is 0 Å². The van der Waals surface area contributed by atoms with Crippen molar-refractivity contribution in [2.45, 2.75) is 26.2 Å². The maximum atomic E-state index is 13.5. The first kappa shape index (κ1) is 11.6. The number of nitrogens with zero attached hydrogens (tertiary/aromatic N) is 3. The van der Waals surface area contributed by atoms with E-state index in [1.165, 1.54) is 12.5 Å². The van der Waals surface area contributed by atoms with Crippen molar-refractivity contribution < 1.29 is 4.39 Å². The van der Waals surface area contributed by atoms with Crippen molar-refractivity contribution in [3.63, 3.8) is 0 Å². The van der Waals surface area contributed by atoms with Gasteiger partial charge in [-0.25, -0.2) is 15.0 Å². The molecule has 0 bridgehead atoms. The third kappa shape index (κ3) is 2.46. The van der Waals surface area contributed by atoms with Gasteiger partial charge in [0.15, 0.2) is 0 Å². The zero-order valence-electron chi connectivity index (χ0n) is 10.1. The summed E-state index contributed by atoms with van der Waals surface area (Å²) >= 11 is 0. The molecule has 0 atom stereocenters. The zero-order valence-corrected chi connectivity index (χ0v) is 10.1. The highest BCUT2D eigenvalue weighted by Crippen LogP contribution is 2.24. The van der Waals surface area contributed by atoms with Crippen LogP contribution in [-0.4, -0.2) is 15.0 Å². The van der Waals surface area contributed by atoms with E-state index >= 15 is 0 Å². The highest BCUT2D eigenvalue weighted by atomic mass is 19.1. The molecule has 0 aliphatic carbocycles. The van der Waals surface area contributed by atoms with E-state index in [1.807, 2.05) is 0 Å². The number of halogens is 1. The Bertz CT molecular complexity index is 532. The molecule has 0 aliphatic heterocycles. The van der Waals surface area contributed by atoms with Gasteiger partial charge < -0.3 is 0 Å². The second kappa shape index (κ2) is 4.20. The lowest BCUT2D eigenvalue weighted by Gasteiger charge is -2.17. The van der Waals surface area contributed by atoms with Crippen LogP contribution < -0.4 is 0 Å². The molecule has 0 aromatic carbocycles. The molecule has 2 aromatic rings. The molecular formula is C13H14FN3. The molecule has 0 saturated heterocycles. The number of aromatic nitrogens is 3. The number of pyridine rings is 1. The fourth-order valence-electron chi connectivity index (χ4n) is 1.49. The predicted molar refractivity (Wildman–Crippen MR) is 63.9 cm³/mol. The van der Waals surface area contributed by atoms with Crippen LogP contribution in [0, 0.1) is 5.95 Å². The van der Waals surface area contributed by atoms with Gasteiger partial charge in [0.25, 0.3) is 0 Å². The second-order valence-electron chi connectivity index (χ2n) is 4.88. The highest BCUT2D eigenvalue weighted by Gasteiger charge is 2.17. The average Bonchev–Trinajstić information content (AvgIpc) is 2.29. The summed E-state index contributed by atoms with van der Waals surface area (Å²) in [6.07, 6.45) is 2.88. The molecule has 0 aliphatic rings. The van der Waals surface area contributed by atoms with Crippen LogP contribution in [0.15, 0.2) is 30.7 Å². The average molecular weight is 231 g/mol. The van der Waals surface area contributed by atoms with E-state index in [9.17, 15) is 4.39 Å². The Hall–Kier alpha value is -1.84. The minimum absolute atomic E-state index is 0.0869. The Balaban J connectivity index is 2.51. The standard InChI is InChI=1S/C13H14FN3/c1-13(2,3)11-7-10(16-8-17-11)9-5-4-6-15-12(9)14/h4-8H,1-3H3. The molecule has 0 amide bonds. The van der Waals surface area contributed by atoms with E-state index in [-0.39, 0.29) is 5.41 Å². The molecule has 17 heavy (non-hydrogen) atoms. The molecule has 88 valence electrons.